The lowest BCUT2D eigenvalue weighted by atomic mass is 9.97. The molecule has 8 heterocycles. The summed E-state index contributed by atoms with van der Waals surface area (Å²) in [6.07, 6.45) is 14.6. The number of pyridine rings is 7. The highest BCUT2D eigenvalue weighted by Gasteiger charge is 2.31. The maximum atomic E-state index is 12.2. The fourth-order valence-electron chi connectivity index (χ4n) is 9.65. The number of carbonyl (C=O) groups is 5. The predicted molar refractivity (Wildman–Crippen MR) is 432 cm³/mol. The number of rotatable bonds is 27. The summed E-state index contributed by atoms with van der Waals surface area (Å²) in [5, 5.41) is 33.3. The van der Waals surface area contributed by atoms with Gasteiger partial charge in [0.15, 0.2) is 37.7 Å². The molecule has 38 heteroatoms. The van der Waals surface area contributed by atoms with Crippen molar-refractivity contribution in [3.63, 3.8) is 0 Å². The second kappa shape index (κ2) is 51.9. The lowest BCUT2D eigenvalue weighted by Crippen LogP contribution is -2.45. The average molecular weight is 1750 g/mol. The summed E-state index contributed by atoms with van der Waals surface area (Å²) in [7, 11) is 19.7. The van der Waals surface area contributed by atoms with Crippen molar-refractivity contribution in [3.05, 3.63) is 193 Å². The van der Waals surface area contributed by atoms with E-state index in [1.54, 1.807) is 76.1 Å². The summed E-state index contributed by atoms with van der Waals surface area (Å²) in [6.45, 7) is 18.1. The molecule has 2 atom stereocenters. The number of fused-ring (bicyclic) bond motifs is 1. The van der Waals surface area contributed by atoms with Crippen LogP contribution in [0.25, 0.3) is 12.2 Å². The van der Waals surface area contributed by atoms with Crippen molar-refractivity contribution < 1.29 is 110 Å². The smallest absolute Gasteiger partial charge is 0.410 e. The highest BCUT2D eigenvalue weighted by Crippen LogP contribution is 2.31. The third-order valence-corrected chi connectivity index (χ3v) is 16.7. The molecule has 7 aromatic heterocycles. The van der Waals surface area contributed by atoms with Crippen LogP contribution in [0.2, 0.25) is 0 Å². The first-order chi connectivity index (χ1) is 54.9. The zero-order valence-corrected chi connectivity index (χ0v) is 72.3. The number of methoxy groups -OCH3 is 13. The molecule has 7 aromatic rings. The van der Waals surface area contributed by atoms with Gasteiger partial charge in [-0.05, 0) is 122 Å². The number of ether oxygens (including phenoxy) is 15. The summed E-state index contributed by atoms with van der Waals surface area (Å²) >= 11 is 6.53. The van der Waals surface area contributed by atoms with Crippen molar-refractivity contribution in [2.24, 2.45) is 0 Å². The Morgan fingerprint density at radius 1 is 0.500 bits per heavy atom. The molecule has 1 aliphatic rings. The van der Waals surface area contributed by atoms with Gasteiger partial charge in [0.1, 0.15) is 11.2 Å². The van der Waals surface area contributed by atoms with Crippen LogP contribution in [-0.2, 0) is 63.9 Å². The Hall–Kier alpha value is -10.8. The van der Waals surface area contributed by atoms with E-state index in [0.29, 0.717) is 104 Å². The Morgan fingerprint density at radius 3 is 1.31 bits per heavy atom. The van der Waals surface area contributed by atoms with Gasteiger partial charge in [0.2, 0.25) is 52.6 Å². The van der Waals surface area contributed by atoms with E-state index in [4.69, 9.17) is 71.1 Å². The first kappa shape index (κ1) is 101. The number of nitrogens with one attached hydrogen (secondary N) is 1. The summed E-state index contributed by atoms with van der Waals surface area (Å²) in [5.74, 6) is 3.08. The SMILES string of the molecule is COc1cc(C(OC)OC)c(/C=C(\C)[N+](=O)[O-])cn1.COc1cc(C(OC)OC)c(Br)cn1.COc1cc(C(OC)OC)c(C=O)cn1.COc1cc(C=O)c(/C=C(\C)[N+](=O)[O-])cn1.COc1cc(C=O)c(Br)cn1.COc1cc(CO)c(CC(C)NC(=O)OC(C)(C)C)cn1.COc1cc2c(cn1)CC(C)N(C(=O)OC(C)(C)C)C2. The van der Waals surface area contributed by atoms with Gasteiger partial charge in [0, 0.05) is 227 Å². The Balaban J connectivity index is 0.000000463. The number of aldehydes is 3. The van der Waals surface area contributed by atoms with Crippen LogP contribution in [0.1, 0.15) is 169 Å². The van der Waals surface area contributed by atoms with Crippen LogP contribution in [-0.4, -0.2) is 201 Å². The minimum absolute atomic E-state index is 0.000766. The van der Waals surface area contributed by atoms with Crippen LogP contribution >= 0.6 is 31.9 Å². The van der Waals surface area contributed by atoms with Gasteiger partial charge < -0.3 is 86.4 Å². The van der Waals surface area contributed by atoms with E-state index in [1.165, 1.54) is 121 Å². The number of nitrogens with zero attached hydrogens (tertiary/aromatic N) is 10. The maximum Gasteiger partial charge on any atom is 0.410 e. The summed E-state index contributed by atoms with van der Waals surface area (Å²) in [4.78, 5) is 106. The zero-order valence-electron chi connectivity index (χ0n) is 69.2. The first-order valence-electron chi connectivity index (χ1n) is 34.7. The van der Waals surface area contributed by atoms with E-state index in [2.05, 4.69) is 72.1 Å². The molecule has 1 aliphatic heterocycles. The van der Waals surface area contributed by atoms with Crippen LogP contribution in [0.5, 0.6) is 41.2 Å². The van der Waals surface area contributed by atoms with Gasteiger partial charge in [-0.15, -0.1) is 0 Å². The number of hydrogen-bond donors (Lipinski definition) is 2. The molecule has 116 heavy (non-hydrogen) atoms. The molecule has 0 aliphatic carbocycles. The van der Waals surface area contributed by atoms with E-state index < -0.39 is 46.0 Å². The monoisotopic (exact) mass is 1750 g/mol. The van der Waals surface area contributed by atoms with Crippen molar-refractivity contribution in [1.29, 1.82) is 0 Å². The number of carbonyl (C=O) groups excluding carboxylic acids is 5. The largest absolute Gasteiger partial charge is 0.481 e. The molecule has 0 aromatic carbocycles. The molecular formula is C78H103Br2N11O25. The number of allylic oxidation sites excluding steroid dienone is 2. The lowest BCUT2D eigenvalue weighted by molar-refractivity contribution is -0.422. The minimum Gasteiger partial charge on any atom is -0.481 e. The van der Waals surface area contributed by atoms with E-state index >= 15 is 0 Å². The van der Waals surface area contributed by atoms with Gasteiger partial charge >= 0.3 is 12.2 Å². The molecule has 2 N–H and O–H groups in total. The van der Waals surface area contributed by atoms with Gasteiger partial charge in [0.05, 0.1) is 66.2 Å². The van der Waals surface area contributed by atoms with Crippen LogP contribution < -0.4 is 38.5 Å². The number of aliphatic hydroxyl groups is 1. The van der Waals surface area contributed by atoms with Crippen molar-refractivity contribution in [3.8, 4) is 41.2 Å². The van der Waals surface area contributed by atoms with Crippen molar-refractivity contribution in [2.45, 2.75) is 137 Å². The van der Waals surface area contributed by atoms with Gasteiger partial charge in [-0.3, -0.25) is 34.6 Å². The third kappa shape index (κ3) is 34.7. The number of aromatic nitrogens is 7. The van der Waals surface area contributed by atoms with E-state index in [1.807, 2.05) is 67.7 Å². The van der Waals surface area contributed by atoms with E-state index in [-0.39, 0.29) is 42.1 Å². The molecular weight excluding hydrogens is 1650 g/mol. The molecule has 0 fully saturated rings. The molecule has 634 valence electrons. The first-order valence-corrected chi connectivity index (χ1v) is 36.3. The van der Waals surface area contributed by atoms with Crippen LogP contribution in [0.3, 0.4) is 0 Å². The van der Waals surface area contributed by atoms with Crippen LogP contribution in [0.4, 0.5) is 9.59 Å². The number of hydrogen-bond acceptors (Lipinski definition) is 32. The maximum absolute atomic E-state index is 12.2. The third-order valence-electron chi connectivity index (χ3n) is 15.3. The number of nitro groups is 2. The second-order valence-electron chi connectivity index (χ2n) is 26.0. The lowest BCUT2D eigenvalue weighted by Gasteiger charge is -2.35. The minimum atomic E-state index is -0.650. The van der Waals surface area contributed by atoms with Crippen molar-refractivity contribution in [2.75, 3.05) is 92.4 Å². The standard InChI is InChI=1S/C15H24N2O4.C15H22N2O3.C12H16N2O5.C10H10N2O4.C10H13NO4.C9H12BrNO3.C7H6BrNO2/c1-10(17-14(19)21-15(2,3)4)6-11-8-16-13(20-5)7-12(11)9-18;1-10-6-11-8-16-13(19-5)7-12(11)9-17(10)14(18)20-15(2,3)4;1-8(14(15)16)5-9-7-13-11(17-2)6-10(9)12(18-3)19-4;1-7(12(14)15)3-8-5-11-10(16-2)4-9(8)6-13;1-13-9-4-8(10(14-2)15-3)7(6-12)5-11-9;1-12-8-4-6(7(10)5-11-8)9(13-2)14-3;1-11-7-2-5(4-10)6(8)3-9-7/h7-8,10,18H,6,9H2,1-5H3,(H,17,19);7-8,10H,6,9H2,1-5H3;5-7,12H,1-4H3;3-6H,1-2H3;4-6,10H,1-3H3;4-5,9H,1-3H3;2-4H,1H3/b;;8-5+;7-3+;;;. The van der Waals surface area contributed by atoms with Gasteiger partial charge in [0.25, 0.3) is 0 Å². The number of alkyl carbamates (subject to hydrolysis) is 1. The summed E-state index contributed by atoms with van der Waals surface area (Å²) in [5.41, 5.74) is 7.02. The number of aliphatic hydroxyl groups excluding tert-OH is 1. The quantitative estimate of drug-likeness (QED) is 0.0209. The Labute approximate surface area is 690 Å². The van der Waals surface area contributed by atoms with Crippen molar-refractivity contribution in [1.82, 2.24) is 45.1 Å². The Morgan fingerprint density at radius 2 is 0.871 bits per heavy atom. The molecule has 0 spiro atoms. The number of amides is 2. The number of halogens is 2. The molecule has 2 amide bonds. The Kier molecular flexibility index (Phi) is 45.3. The van der Waals surface area contributed by atoms with E-state index in [9.17, 15) is 49.3 Å². The topological polar surface area (TPSA) is 436 Å². The molecule has 0 saturated heterocycles. The molecule has 8 rings (SSSR count). The van der Waals surface area contributed by atoms with Crippen LogP contribution in [0.15, 0.2) is 106 Å². The van der Waals surface area contributed by atoms with Crippen LogP contribution in [0, 0.1) is 20.2 Å². The Bertz CT molecular complexity index is 4360. The molecule has 2 unspecified atom stereocenters. The van der Waals surface area contributed by atoms with Gasteiger partial charge in [-0.25, -0.2) is 44.5 Å². The fourth-order valence-corrected chi connectivity index (χ4v) is 10.4. The molecule has 36 nitrogen and oxygen atoms in total. The highest BCUT2D eigenvalue weighted by molar-refractivity contribution is 9.10. The molecule has 0 radical (unpaired) electrons. The average Bonchev–Trinajstić information content (AvgIpc) is 0.797. The van der Waals surface area contributed by atoms with Crippen molar-refractivity contribution >= 4 is 75.1 Å². The van der Waals surface area contributed by atoms with Gasteiger partial charge in [-0.1, -0.05) is 0 Å². The molecule has 0 saturated carbocycles. The summed E-state index contributed by atoms with van der Waals surface area (Å²) < 4.78 is 77.7. The summed E-state index contributed by atoms with van der Waals surface area (Å²) in [6, 6.07) is 11.5. The van der Waals surface area contributed by atoms with Gasteiger partial charge in [-0.2, -0.15) is 0 Å². The van der Waals surface area contributed by atoms with E-state index in [0.717, 1.165) is 45.0 Å². The second-order valence-corrected chi connectivity index (χ2v) is 27.7. The molecule has 0 bridgehead atoms. The predicted octanol–water partition coefficient (Wildman–Crippen LogP) is 13.4. The highest BCUT2D eigenvalue weighted by atomic mass is 79.9. The zero-order chi connectivity index (χ0) is 87.6. The normalized spacial score (nSPS) is 12.4. The fraction of sp³-hybridized carbons (Fsp3) is 0.436.